The molecule has 2 aliphatic rings. The summed E-state index contributed by atoms with van der Waals surface area (Å²) in [5.74, 6) is 0. The molecule has 1 saturated heterocycles. The second-order valence-electron chi connectivity index (χ2n) is 5.61. The third-order valence-electron chi connectivity index (χ3n) is 4.05. The smallest absolute Gasteiger partial charge is 0.0407 e. The monoisotopic (exact) mass is 308 g/mol. The van der Waals surface area contributed by atoms with E-state index in [1.54, 1.807) is 0 Å². The SMILES string of the molecule is Cc1c(Br)cccc1N1CCCC(NC2CC2)C1. The van der Waals surface area contributed by atoms with Gasteiger partial charge < -0.3 is 10.2 Å². The van der Waals surface area contributed by atoms with Gasteiger partial charge in [-0.3, -0.25) is 0 Å². The van der Waals surface area contributed by atoms with Gasteiger partial charge in [-0.2, -0.15) is 0 Å². The molecule has 0 spiro atoms. The minimum atomic E-state index is 0.685. The summed E-state index contributed by atoms with van der Waals surface area (Å²) in [4.78, 5) is 2.55. The standard InChI is InChI=1S/C15H21BrN2/c1-11-14(16)5-2-6-15(11)18-9-3-4-13(10-18)17-12-7-8-12/h2,5-6,12-13,17H,3-4,7-10H2,1H3. The molecule has 1 unspecified atom stereocenters. The fourth-order valence-electron chi connectivity index (χ4n) is 2.85. The Balaban J connectivity index is 1.72. The van der Waals surface area contributed by atoms with Gasteiger partial charge in [-0.05, 0) is 50.3 Å². The van der Waals surface area contributed by atoms with Crippen LogP contribution in [0.2, 0.25) is 0 Å². The number of hydrogen-bond donors (Lipinski definition) is 1. The molecular formula is C15H21BrN2. The van der Waals surface area contributed by atoms with Gasteiger partial charge in [0.2, 0.25) is 0 Å². The van der Waals surface area contributed by atoms with E-state index in [0.29, 0.717) is 6.04 Å². The van der Waals surface area contributed by atoms with Crippen LogP contribution in [-0.4, -0.2) is 25.2 Å². The van der Waals surface area contributed by atoms with Gasteiger partial charge in [0.05, 0.1) is 0 Å². The van der Waals surface area contributed by atoms with Crippen molar-refractivity contribution in [1.82, 2.24) is 5.32 Å². The zero-order valence-electron chi connectivity index (χ0n) is 11.0. The molecule has 1 N–H and O–H groups in total. The van der Waals surface area contributed by atoms with E-state index >= 15 is 0 Å². The molecule has 1 heterocycles. The molecular weight excluding hydrogens is 288 g/mol. The molecule has 3 heteroatoms. The number of benzene rings is 1. The van der Waals surface area contributed by atoms with Crippen molar-refractivity contribution < 1.29 is 0 Å². The van der Waals surface area contributed by atoms with Crippen LogP contribution in [0.5, 0.6) is 0 Å². The summed E-state index contributed by atoms with van der Waals surface area (Å²) in [6.45, 7) is 4.56. The lowest BCUT2D eigenvalue weighted by atomic mass is 10.0. The van der Waals surface area contributed by atoms with Crippen molar-refractivity contribution in [2.45, 2.75) is 44.7 Å². The third kappa shape index (κ3) is 2.72. The van der Waals surface area contributed by atoms with Crippen LogP contribution in [-0.2, 0) is 0 Å². The number of anilines is 1. The Hall–Kier alpha value is -0.540. The van der Waals surface area contributed by atoms with Gasteiger partial charge in [0, 0.05) is 35.3 Å². The van der Waals surface area contributed by atoms with Crippen LogP contribution >= 0.6 is 15.9 Å². The molecule has 2 fully saturated rings. The van der Waals surface area contributed by atoms with Crippen molar-refractivity contribution in [1.29, 1.82) is 0 Å². The summed E-state index contributed by atoms with van der Waals surface area (Å²) in [5.41, 5.74) is 2.76. The second kappa shape index (κ2) is 5.22. The Morgan fingerprint density at radius 3 is 2.83 bits per heavy atom. The summed E-state index contributed by atoms with van der Waals surface area (Å²) < 4.78 is 1.22. The van der Waals surface area contributed by atoms with E-state index in [2.05, 4.69) is 51.3 Å². The normalized spacial score (nSPS) is 24.3. The lowest BCUT2D eigenvalue weighted by Gasteiger charge is -2.36. The van der Waals surface area contributed by atoms with Crippen molar-refractivity contribution in [3.05, 3.63) is 28.2 Å². The van der Waals surface area contributed by atoms with Crippen molar-refractivity contribution >= 4 is 21.6 Å². The van der Waals surface area contributed by atoms with Gasteiger partial charge >= 0.3 is 0 Å². The fraction of sp³-hybridized carbons (Fsp3) is 0.600. The molecule has 98 valence electrons. The summed E-state index contributed by atoms with van der Waals surface area (Å²) in [6.07, 6.45) is 5.40. The molecule has 0 aromatic heterocycles. The third-order valence-corrected chi connectivity index (χ3v) is 4.91. The number of hydrogen-bond acceptors (Lipinski definition) is 2. The molecule has 18 heavy (non-hydrogen) atoms. The Morgan fingerprint density at radius 2 is 2.06 bits per heavy atom. The van der Waals surface area contributed by atoms with Crippen molar-refractivity contribution in [2.24, 2.45) is 0 Å². The summed E-state index contributed by atoms with van der Waals surface area (Å²) in [6, 6.07) is 8.02. The first-order valence-corrected chi connectivity index (χ1v) is 7.79. The van der Waals surface area contributed by atoms with Crippen molar-refractivity contribution in [2.75, 3.05) is 18.0 Å². The number of rotatable bonds is 3. The average molecular weight is 309 g/mol. The Bertz CT molecular complexity index is 429. The van der Waals surface area contributed by atoms with Crippen LogP contribution in [0.4, 0.5) is 5.69 Å². The van der Waals surface area contributed by atoms with Crippen LogP contribution in [0.3, 0.4) is 0 Å². The Morgan fingerprint density at radius 1 is 1.22 bits per heavy atom. The molecule has 3 rings (SSSR count). The first kappa shape index (κ1) is 12.5. The van der Waals surface area contributed by atoms with Crippen molar-refractivity contribution in [3.8, 4) is 0 Å². The molecule has 0 amide bonds. The maximum Gasteiger partial charge on any atom is 0.0407 e. The number of piperidine rings is 1. The largest absolute Gasteiger partial charge is 0.370 e. The highest BCUT2D eigenvalue weighted by Gasteiger charge is 2.28. The summed E-state index contributed by atoms with van der Waals surface area (Å²) in [7, 11) is 0. The second-order valence-corrected chi connectivity index (χ2v) is 6.46. The van der Waals surface area contributed by atoms with Gasteiger partial charge in [0.15, 0.2) is 0 Å². The maximum atomic E-state index is 3.77. The molecule has 1 aromatic rings. The van der Waals surface area contributed by atoms with E-state index in [-0.39, 0.29) is 0 Å². The molecule has 1 saturated carbocycles. The lowest BCUT2D eigenvalue weighted by Crippen LogP contribution is -2.46. The van der Waals surface area contributed by atoms with Crippen LogP contribution in [0.15, 0.2) is 22.7 Å². The topological polar surface area (TPSA) is 15.3 Å². The fourth-order valence-corrected chi connectivity index (χ4v) is 3.21. The summed E-state index contributed by atoms with van der Waals surface area (Å²) >= 11 is 3.64. The van der Waals surface area contributed by atoms with Gasteiger partial charge in [-0.15, -0.1) is 0 Å². The molecule has 1 aliphatic carbocycles. The Kier molecular flexibility index (Phi) is 3.62. The van der Waals surface area contributed by atoms with E-state index in [4.69, 9.17) is 0 Å². The molecule has 1 aromatic carbocycles. The van der Waals surface area contributed by atoms with Gasteiger partial charge in [-0.25, -0.2) is 0 Å². The zero-order valence-corrected chi connectivity index (χ0v) is 12.5. The Labute approximate surface area is 118 Å². The van der Waals surface area contributed by atoms with Crippen LogP contribution < -0.4 is 10.2 Å². The van der Waals surface area contributed by atoms with Crippen LogP contribution in [0.1, 0.15) is 31.2 Å². The molecule has 1 aliphatic heterocycles. The number of nitrogens with zero attached hydrogens (tertiary/aromatic N) is 1. The first-order valence-electron chi connectivity index (χ1n) is 7.00. The van der Waals surface area contributed by atoms with Gasteiger partial charge in [0.1, 0.15) is 0 Å². The van der Waals surface area contributed by atoms with Crippen LogP contribution in [0, 0.1) is 6.92 Å². The molecule has 0 bridgehead atoms. The van der Waals surface area contributed by atoms with E-state index in [9.17, 15) is 0 Å². The van der Waals surface area contributed by atoms with Crippen molar-refractivity contribution in [3.63, 3.8) is 0 Å². The number of halogens is 1. The molecule has 1 atom stereocenters. The minimum absolute atomic E-state index is 0.685. The zero-order chi connectivity index (χ0) is 12.5. The predicted octanol–water partition coefficient (Wildman–Crippen LogP) is 3.48. The highest BCUT2D eigenvalue weighted by molar-refractivity contribution is 9.10. The van der Waals surface area contributed by atoms with E-state index in [1.807, 2.05) is 0 Å². The molecule has 0 radical (unpaired) electrons. The first-order chi connectivity index (χ1) is 8.74. The summed E-state index contributed by atoms with van der Waals surface area (Å²) in [5, 5.41) is 3.77. The van der Waals surface area contributed by atoms with Crippen LogP contribution in [0.25, 0.3) is 0 Å². The molecule has 2 nitrogen and oxygen atoms in total. The quantitative estimate of drug-likeness (QED) is 0.919. The van der Waals surface area contributed by atoms with E-state index < -0.39 is 0 Å². The highest BCUT2D eigenvalue weighted by Crippen LogP contribution is 2.29. The number of nitrogens with one attached hydrogen (secondary N) is 1. The van der Waals surface area contributed by atoms with E-state index in [1.165, 1.54) is 48.0 Å². The van der Waals surface area contributed by atoms with Gasteiger partial charge in [0.25, 0.3) is 0 Å². The predicted molar refractivity (Wildman–Crippen MR) is 80.3 cm³/mol. The lowest BCUT2D eigenvalue weighted by molar-refractivity contribution is 0.420. The average Bonchev–Trinajstić information content (AvgIpc) is 3.17. The maximum absolute atomic E-state index is 3.77. The highest BCUT2D eigenvalue weighted by atomic mass is 79.9. The minimum Gasteiger partial charge on any atom is -0.370 e. The van der Waals surface area contributed by atoms with E-state index in [0.717, 1.165) is 12.6 Å². The van der Waals surface area contributed by atoms with Gasteiger partial charge in [-0.1, -0.05) is 22.0 Å².